The molecule has 114 valence electrons. The van der Waals surface area contributed by atoms with E-state index in [9.17, 15) is 9.59 Å². The van der Waals surface area contributed by atoms with Crippen molar-refractivity contribution in [3.05, 3.63) is 24.3 Å². The molecule has 22 heavy (non-hydrogen) atoms. The lowest BCUT2D eigenvalue weighted by molar-refractivity contribution is -0.131. The molecule has 2 saturated heterocycles. The number of nitrogens with zero attached hydrogens (tertiary/aromatic N) is 3. The van der Waals surface area contributed by atoms with Crippen LogP contribution in [0.2, 0.25) is 0 Å². The Kier molecular flexibility index (Phi) is 2.96. The predicted molar refractivity (Wildman–Crippen MR) is 75.8 cm³/mol. The topological polar surface area (TPSA) is 101 Å². The van der Waals surface area contributed by atoms with Gasteiger partial charge in [-0.25, -0.2) is 4.79 Å². The second-order valence-corrected chi connectivity index (χ2v) is 6.30. The molecule has 4 heterocycles. The van der Waals surface area contributed by atoms with Crippen LogP contribution in [-0.2, 0) is 11.3 Å². The second kappa shape index (κ2) is 4.87. The monoisotopic (exact) mass is 320 g/mol. The van der Waals surface area contributed by atoms with Crippen molar-refractivity contribution in [2.75, 3.05) is 11.5 Å². The highest BCUT2D eigenvalue weighted by atomic mass is 32.2. The van der Waals surface area contributed by atoms with Crippen LogP contribution in [0.4, 0.5) is 4.79 Å². The van der Waals surface area contributed by atoms with E-state index >= 15 is 0 Å². The summed E-state index contributed by atoms with van der Waals surface area (Å²) in [5, 5.41) is 6.58. The summed E-state index contributed by atoms with van der Waals surface area (Å²) in [4.78, 5) is 29.8. The van der Waals surface area contributed by atoms with Gasteiger partial charge in [-0.15, -0.1) is 0 Å². The van der Waals surface area contributed by atoms with Crippen LogP contribution in [-0.4, -0.2) is 44.0 Å². The first kappa shape index (κ1) is 13.4. The average Bonchev–Trinajstić information content (AvgIpc) is 3.25. The molecule has 1 N–H and O–H groups in total. The number of carbonyl (C=O) groups is 2. The van der Waals surface area contributed by atoms with E-state index in [2.05, 4.69) is 15.5 Å². The van der Waals surface area contributed by atoms with Crippen LogP contribution in [0.25, 0.3) is 11.6 Å². The van der Waals surface area contributed by atoms with Crippen molar-refractivity contribution in [3.8, 4) is 11.6 Å². The maximum atomic E-state index is 12.5. The number of rotatable bonds is 3. The highest BCUT2D eigenvalue weighted by Crippen LogP contribution is 2.33. The number of imide groups is 1. The number of aromatic nitrogens is 2. The van der Waals surface area contributed by atoms with E-state index in [0.29, 0.717) is 17.9 Å². The van der Waals surface area contributed by atoms with Gasteiger partial charge >= 0.3 is 6.03 Å². The fourth-order valence-corrected chi connectivity index (χ4v) is 3.94. The molecule has 0 aromatic carbocycles. The molecule has 0 radical (unpaired) electrons. The van der Waals surface area contributed by atoms with Crippen LogP contribution in [0, 0.1) is 0 Å². The van der Waals surface area contributed by atoms with Crippen LogP contribution < -0.4 is 5.32 Å². The quantitative estimate of drug-likeness (QED) is 0.849. The van der Waals surface area contributed by atoms with E-state index in [-0.39, 0.29) is 24.2 Å². The number of amides is 3. The van der Waals surface area contributed by atoms with E-state index in [1.807, 2.05) is 0 Å². The third-order valence-electron chi connectivity index (χ3n) is 3.77. The van der Waals surface area contributed by atoms with Gasteiger partial charge in [-0.1, -0.05) is 5.16 Å². The Morgan fingerprint density at radius 3 is 3.09 bits per heavy atom. The zero-order valence-corrected chi connectivity index (χ0v) is 12.3. The maximum Gasteiger partial charge on any atom is 0.325 e. The Bertz CT molecular complexity index is 720. The molecule has 4 rings (SSSR count). The minimum atomic E-state index is -0.758. The molecule has 8 nitrogen and oxygen atoms in total. The molecule has 2 aliphatic rings. The van der Waals surface area contributed by atoms with E-state index in [1.165, 1.54) is 6.26 Å². The minimum absolute atomic E-state index is 0.0369. The Balaban J connectivity index is 1.54. The van der Waals surface area contributed by atoms with Gasteiger partial charge in [0.1, 0.15) is 12.1 Å². The molecule has 0 saturated carbocycles. The van der Waals surface area contributed by atoms with Crippen LogP contribution >= 0.6 is 11.8 Å². The summed E-state index contributed by atoms with van der Waals surface area (Å²) in [6.45, 7) is -0.0369. The standard InChI is InChI=1S/C13H12N4O4S/c18-11-13(3-5-22-7-13)15-12(19)17(11)6-9-14-10(16-21-9)8-2-1-4-20-8/h1-2,4H,3,5-7H2,(H,15,19)/t13-/m0/s1. The van der Waals surface area contributed by atoms with Crippen molar-refractivity contribution in [1.82, 2.24) is 20.4 Å². The van der Waals surface area contributed by atoms with Gasteiger partial charge in [-0.3, -0.25) is 9.69 Å². The van der Waals surface area contributed by atoms with Crippen molar-refractivity contribution < 1.29 is 18.5 Å². The maximum absolute atomic E-state index is 12.5. The number of hydrogen-bond donors (Lipinski definition) is 1. The van der Waals surface area contributed by atoms with Gasteiger partial charge in [0, 0.05) is 5.75 Å². The lowest BCUT2D eigenvalue weighted by atomic mass is 9.99. The summed E-state index contributed by atoms with van der Waals surface area (Å²) in [7, 11) is 0. The van der Waals surface area contributed by atoms with Gasteiger partial charge in [0.2, 0.25) is 11.7 Å². The van der Waals surface area contributed by atoms with Crippen molar-refractivity contribution in [2.24, 2.45) is 0 Å². The van der Waals surface area contributed by atoms with Crippen LogP contribution in [0.5, 0.6) is 0 Å². The van der Waals surface area contributed by atoms with Crippen molar-refractivity contribution >= 4 is 23.7 Å². The van der Waals surface area contributed by atoms with Crippen LogP contribution in [0.15, 0.2) is 27.3 Å². The van der Waals surface area contributed by atoms with Crippen LogP contribution in [0.3, 0.4) is 0 Å². The summed E-state index contributed by atoms with van der Waals surface area (Å²) in [6.07, 6.45) is 2.16. The molecule has 2 fully saturated rings. The molecular formula is C13H12N4O4S. The fourth-order valence-electron chi connectivity index (χ4n) is 2.61. The van der Waals surface area contributed by atoms with Gasteiger partial charge in [0.05, 0.1) is 6.26 Å². The summed E-state index contributed by atoms with van der Waals surface area (Å²) >= 11 is 1.66. The number of carbonyl (C=O) groups excluding carboxylic acids is 2. The van der Waals surface area contributed by atoms with E-state index < -0.39 is 11.6 Å². The van der Waals surface area contributed by atoms with Crippen LogP contribution in [0.1, 0.15) is 12.3 Å². The molecule has 2 aromatic rings. The minimum Gasteiger partial charge on any atom is -0.461 e. The Hall–Kier alpha value is -2.29. The summed E-state index contributed by atoms with van der Waals surface area (Å²) in [6, 6.07) is 3.00. The lowest BCUT2D eigenvalue weighted by Crippen LogP contribution is -2.46. The smallest absolute Gasteiger partial charge is 0.325 e. The van der Waals surface area contributed by atoms with E-state index in [1.54, 1.807) is 23.9 Å². The zero-order valence-electron chi connectivity index (χ0n) is 11.4. The number of nitrogens with one attached hydrogen (secondary N) is 1. The Morgan fingerprint density at radius 2 is 2.36 bits per heavy atom. The third kappa shape index (κ3) is 2.00. The SMILES string of the molecule is O=C1N[C@]2(CCSC2)C(=O)N1Cc1nc(-c2ccco2)no1. The van der Waals surface area contributed by atoms with Gasteiger partial charge < -0.3 is 14.3 Å². The van der Waals surface area contributed by atoms with Gasteiger partial charge in [0.25, 0.3) is 5.91 Å². The Morgan fingerprint density at radius 1 is 1.45 bits per heavy atom. The first-order chi connectivity index (χ1) is 10.7. The highest BCUT2D eigenvalue weighted by Gasteiger charge is 2.53. The third-order valence-corrected chi connectivity index (χ3v) is 4.96. The van der Waals surface area contributed by atoms with Gasteiger partial charge in [0.15, 0.2) is 5.76 Å². The summed E-state index contributed by atoms with van der Waals surface area (Å²) in [5.41, 5.74) is -0.758. The molecule has 1 spiro atoms. The molecule has 2 aromatic heterocycles. The number of thioether (sulfide) groups is 1. The van der Waals surface area contributed by atoms with Crippen molar-refractivity contribution in [1.29, 1.82) is 0 Å². The highest BCUT2D eigenvalue weighted by molar-refractivity contribution is 7.99. The second-order valence-electron chi connectivity index (χ2n) is 5.20. The fraction of sp³-hybridized carbons (Fsp3) is 0.385. The molecule has 9 heteroatoms. The average molecular weight is 320 g/mol. The molecule has 2 aliphatic heterocycles. The van der Waals surface area contributed by atoms with Crippen molar-refractivity contribution in [3.63, 3.8) is 0 Å². The van der Waals surface area contributed by atoms with E-state index in [0.717, 1.165) is 10.7 Å². The largest absolute Gasteiger partial charge is 0.461 e. The lowest BCUT2D eigenvalue weighted by Gasteiger charge is -2.18. The molecule has 3 amide bonds. The predicted octanol–water partition coefficient (Wildman–Crippen LogP) is 1.26. The number of hydrogen-bond acceptors (Lipinski definition) is 7. The Labute approximate surface area is 129 Å². The molecular weight excluding hydrogens is 308 g/mol. The number of urea groups is 1. The summed E-state index contributed by atoms with van der Waals surface area (Å²) in [5.74, 6) is 2.20. The summed E-state index contributed by atoms with van der Waals surface area (Å²) < 4.78 is 10.3. The number of furan rings is 1. The van der Waals surface area contributed by atoms with Gasteiger partial charge in [-0.2, -0.15) is 16.7 Å². The normalized spacial score (nSPS) is 24.5. The van der Waals surface area contributed by atoms with E-state index in [4.69, 9.17) is 8.94 Å². The first-order valence-electron chi connectivity index (χ1n) is 6.76. The molecule has 0 bridgehead atoms. The first-order valence-corrected chi connectivity index (χ1v) is 7.92. The van der Waals surface area contributed by atoms with Crippen molar-refractivity contribution in [2.45, 2.75) is 18.5 Å². The van der Waals surface area contributed by atoms with Gasteiger partial charge in [-0.05, 0) is 24.3 Å². The molecule has 1 atom stereocenters. The zero-order chi connectivity index (χ0) is 15.2. The molecule has 0 unspecified atom stereocenters. The molecule has 0 aliphatic carbocycles.